The quantitative estimate of drug-likeness (QED) is 0.804. The van der Waals surface area contributed by atoms with Crippen molar-refractivity contribution in [2.24, 2.45) is 0 Å². The van der Waals surface area contributed by atoms with Crippen LogP contribution < -0.4 is 5.46 Å². The first-order valence-electron chi connectivity index (χ1n) is 8.91. The highest BCUT2D eigenvalue weighted by molar-refractivity contribution is 6.47. The lowest BCUT2D eigenvalue weighted by atomic mass is 9.82. The molecule has 1 aliphatic heterocycles. The molecule has 0 bridgehead atoms. The van der Waals surface area contributed by atoms with E-state index < -0.39 is 11.2 Å². The van der Waals surface area contributed by atoms with Crippen LogP contribution in [0.15, 0.2) is 24.3 Å². The minimum atomic E-state index is -0.899. The number of benzene rings is 1. The maximum atomic E-state index is 10.1. The van der Waals surface area contributed by atoms with Gasteiger partial charge < -0.3 is 14.7 Å². The molecule has 0 aromatic heterocycles. The third-order valence-electron chi connectivity index (χ3n) is 5.16. The van der Waals surface area contributed by atoms with E-state index in [2.05, 4.69) is 41.1 Å². The van der Waals surface area contributed by atoms with Crippen molar-refractivity contribution in [3.8, 4) is 0 Å². The molecule has 0 aliphatic carbocycles. The molecule has 1 heterocycles. The number of hydrogen-bond acceptors (Lipinski definition) is 4. The lowest BCUT2D eigenvalue weighted by Gasteiger charge is -2.37. The largest absolute Gasteiger partial charge is 0.427 e. The van der Waals surface area contributed by atoms with Crippen molar-refractivity contribution in [3.05, 3.63) is 29.8 Å². The van der Waals surface area contributed by atoms with E-state index >= 15 is 0 Å². The van der Waals surface area contributed by atoms with E-state index in [1.165, 1.54) is 25.1 Å². The molecule has 24 heavy (non-hydrogen) atoms. The van der Waals surface area contributed by atoms with Gasteiger partial charge in [0.1, 0.15) is 0 Å². The molecule has 0 atom stereocenters. The van der Waals surface area contributed by atoms with E-state index in [1.54, 1.807) is 21.3 Å². The van der Waals surface area contributed by atoms with Crippen molar-refractivity contribution in [2.75, 3.05) is 33.2 Å². The Morgan fingerprint density at radius 3 is 2.33 bits per heavy atom. The van der Waals surface area contributed by atoms with Gasteiger partial charge in [-0.3, -0.25) is 4.90 Å². The number of hydrogen-bond donors (Lipinski definition) is 1. The summed E-state index contributed by atoms with van der Waals surface area (Å²) in [6, 6.07) is 8.50. The third kappa shape index (κ3) is 5.59. The van der Waals surface area contributed by atoms with Gasteiger partial charge in [-0.25, -0.2) is 0 Å². The molecule has 1 N–H and O–H groups in total. The summed E-state index contributed by atoms with van der Waals surface area (Å²) < 4.78 is 5.81. The summed E-state index contributed by atoms with van der Waals surface area (Å²) in [5.41, 5.74) is 0.817. The first kappa shape index (κ1) is 19.4. The summed E-state index contributed by atoms with van der Waals surface area (Å²) in [5.74, 6) is 0. The SMILES string of the molecule is CN1CCCN(Cc2ccc([B]OC(C)(C)C(C)(C)O)cc2)CC1. The van der Waals surface area contributed by atoms with Crippen LogP contribution in [0.3, 0.4) is 0 Å². The van der Waals surface area contributed by atoms with Crippen LogP contribution in [-0.2, 0) is 11.2 Å². The predicted octanol–water partition coefficient (Wildman–Crippen LogP) is 1.63. The van der Waals surface area contributed by atoms with E-state index in [0.29, 0.717) is 0 Å². The Morgan fingerprint density at radius 1 is 1.04 bits per heavy atom. The minimum Gasteiger partial charge on any atom is -0.427 e. The van der Waals surface area contributed by atoms with Gasteiger partial charge in [0.05, 0.1) is 11.2 Å². The van der Waals surface area contributed by atoms with Gasteiger partial charge in [0.15, 0.2) is 0 Å². The molecule has 5 heteroatoms. The molecular weight excluding hydrogens is 299 g/mol. The van der Waals surface area contributed by atoms with Gasteiger partial charge in [0, 0.05) is 19.6 Å². The van der Waals surface area contributed by atoms with Gasteiger partial charge in [-0.2, -0.15) is 0 Å². The van der Waals surface area contributed by atoms with Crippen LogP contribution in [-0.4, -0.2) is 66.8 Å². The zero-order chi connectivity index (χ0) is 17.8. The zero-order valence-corrected chi connectivity index (χ0v) is 15.9. The number of rotatable bonds is 6. The average molecular weight is 331 g/mol. The highest BCUT2D eigenvalue weighted by Gasteiger charge is 2.35. The Labute approximate surface area is 148 Å². The van der Waals surface area contributed by atoms with Crippen molar-refractivity contribution >= 4 is 12.9 Å². The monoisotopic (exact) mass is 331 g/mol. The van der Waals surface area contributed by atoms with E-state index in [0.717, 1.165) is 25.1 Å². The molecule has 0 amide bonds. The highest BCUT2D eigenvalue weighted by atomic mass is 16.5. The van der Waals surface area contributed by atoms with Crippen molar-refractivity contribution in [3.63, 3.8) is 0 Å². The second-order valence-electron chi connectivity index (χ2n) is 7.98. The Morgan fingerprint density at radius 2 is 1.71 bits per heavy atom. The summed E-state index contributed by atoms with van der Waals surface area (Å²) in [6.07, 6.45) is 1.24. The Kier molecular flexibility index (Phi) is 6.49. The fourth-order valence-electron chi connectivity index (χ4n) is 2.58. The number of likely N-dealkylation sites (N-methyl/N-ethyl adjacent to an activating group) is 1. The number of aliphatic hydroxyl groups is 1. The summed E-state index contributed by atoms with van der Waals surface area (Å²) >= 11 is 0. The maximum absolute atomic E-state index is 10.1. The average Bonchev–Trinajstić information content (AvgIpc) is 2.70. The van der Waals surface area contributed by atoms with Crippen LogP contribution in [0.5, 0.6) is 0 Å². The third-order valence-corrected chi connectivity index (χ3v) is 5.16. The smallest absolute Gasteiger partial charge is 0.330 e. The van der Waals surface area contributed by atoms with Gasteiger partial charge in [-0.05, 0) is 59.8 Å². The molecule has 4 nitrogen and oxygen atoms in total. The fraction of sp³-hybridized carbons (Fsp3) is 0.684. The van der Waals surface area contributed by atoms with Crippen LogP contribution in [0.2, 0.25) is 0 Å². The molecule has 0 unspecified atom stereocenters. The lowest BCUT2D eigenvalue weighted by molar-refractivity contribution is -0.0893. The Hall–Kier alpha value is -0.875. The summed E-state index contributed by atoms with van der Waals surface area (Å²) in [6.45, 7) is 13.0. The summed E-state index contributed by atoms with van der Waals surface area (Å²) in [7, 11) is 3.94. The van der Waals surface area contributed by atoms with E-state index in [-0.39, 0.29) is 0 Å². The van der Waals surface area contributed by atoms with Crippen molar-refractivity contribution in [1.82, 2.24) is 9.80 Å². The molecule has 1 saturated heterocycles. The molecule has 1 aliphatic rings. The van der Waals surface area contributed by atoms with Crippen LogP contribution in [0.4, 0.5) is 0 Å². The Balaban J connectivity index is 1.86. The van der Waals surface area contributed by atoms with E-state index in [1.807, 2.05) is 13.8 Å². The second-order valence-corrected chi connectivity index (χ2v) is 7.98. The summed E-state index contributed by atoms with van der Waals surface area (Å²) in [4.78, 5) is 4.93. The van der Waals surface area contributed by atoms with Gasteiger partial charge in [0.25, 0.3) is 0 Å². The topological polar surface area (TPSA) is 35.9 Å². The molecule has 1 fully saturated rings. The molecule has 1 aromatic rings. The van der Waals surface area contributed by atoms with Crippen LogP contribution >= 0.6 is 0 Å². The van der Waals surface area contributed by atoms with Crippen LogP contribution in [0.1, 0.15) is 39.7 Å². The molecule has 2 rings (SSSR count). The van der Waals surface area contributed by atoms with Crippen LogP contribution in [0.25, 0.3) is 0 Å². The van der Waals surface area contributed by atoms with Gasteiger partial charge in [0.2, 0.25) is 0 Å². The molecule has 133 valence electrons. The standard InChI is InChI=1S/C19H32BN2O2/c1-18(2,23)19(3,4)24-20-17-9-7-16(8-10-17)15-22-12-6-11-21(5)13-14-22/h7-10,23H,6,11-15H2,1-5H3. The van der Waals surface area contributed by atoms with Gasteiger partial charge in [-0.1, -0.05) is 29.7 Å². The predicted molar refractivity (Wildman–Crippen MR) is 101 cm³/mol. The van der Waals surface area contributed by atoms with Crippen LogP contribution in [0, 0.1) is 0 Å². The van der Waals surface area contributed by atoms with E-state index in [4.69, 9.17) is 4.65 Å². The molecular formula is C19H32BN2O2. The normalized spacial score (nSPS) is 18.4. The van der Waals surface area contributed by atoms with Gasteiger partial charge in [-0.15, -0.1) is 0 Å². The maximum Gasteiger partial charge on any atom is 0.330 e. The van der Waals surface area contributed by atoms with Crippen molar-refractivity contribution in [1.29, 1.82) is 0 Å². The molecule has 1 aromatic carbocycles. The molecule has 0 saturated carbocycles. The molecule has 1 radical (unpaired) electrons. The Bertz CT molecular complexity index is 511. The minimum absolute atomic E-state index is 0.635. The zero-order valence-electron chi connectivity index (χ0n) is 15.9. The first-order chi connectivity index (χ1) is 11.2. The molecule has 0 spiro atoms. The summed E-state index contributed by atoms with van der Waals surface area (Å²) in [5, 5.41) is 10.1. The highest BCUT2D eigenvalue weighted by Crippen LogP contribution is 2.24. The lowest BCUT2D eigenvalue weighted by Crippen LogP contribution is -2.49. The van der Waals surface area contributed by atoms with Crippen molar-refractivity contribution < 1.29 is 9.76 Å². The second kappa shape index (κ2) is 8.00. The van der Waals surface area contributed by atoms with E-state index in [9.17, 15) is 5.11 Å². The van der Waals surface area contributed by atoms with Crippen molar-refractivity contribution in [2.45, 2.75) is 51.9 Å². The van der Waals surface area contributed by atoms with Gasteiger partial charge >= 0.3 is 7.48 Å². The first-order valence-corrected chi connectivity index (χ1v) is 8.91. The number of nitrogens with zero attached hydrogens (tertiary/aromatic N) is 2. The fourth-order valence-corrected chi connectivity index (χ4v) is 2.58.